The zero-order valence-electron chi connectivity index (χ0n) is 11.9. The largest absolute Gasteiger partial charge is 0.265 e. The topological polar surface area (TPSA) is 15.6 Å². The van der Waals surface area contributed by atoms with Gasteiger partial charge < -0.3 is 0 Å². The molecule has 1 aliphatic rings. The Labute approximate surface area is 120 Å². The highest BCUT2D eigenvalue weighted by atomic mass is 15.5. The second kappa shape index (κ2) is 5.91. The zero-order valence-corrected chi connectivity index (χ0v) is 11.9. The summed E-state index contributed by atoms with van der Waals surface area (Å²) in [5.74, 6) is 0. The number of hydrazone groups is 1. The average Bonchev–Trinajstić information content (AvgIpc) is 2.48. The Morgan fingerprint density at radius 2 is 1.80 bits per heavy atom. The van der Waals surface area contributed by atoms with Gasteiger partial charge in [-0.25, -0.2) is 0 Å². The molecule has 2 nitrogen and oxygen atoms in total. The molecule has 0 amide bonds. The van der Waals surface area contributed by atoms with Crippen molar-refractivity contribution < 1.29 is 0 Å². The normalized spacial score (nSPS) is 15.1. The van der Waals surface area contributed by atoms with Gasteiger partial charge in [-0.1, -0.05) is 48.5 Å². The minimum Gasteiger partial charge on any atom is -0.265 e. The Hall–Kier alpha value is -2.09. The molecule has 0 N–H and O–H groups in total. The summed E-state index contributed by atoms with van der Waals surface area (Å²) in [6, 6.07) is 19.1. The molecule has 20 heavy (non-hydrogen) atoms. The fourth-order valence-electron chi connectivity index (χ4n) is 2.75. The maximum Gasteiger partial charge on any atom is 0.0625 e. The molecule has 0 aliphatic carbocycles. The first-order chi connectivity index (χ1) is 9.83. The van der Waals surface area contributed by atoms with E-state index in [-0.39, 0.29) is 0 Å². The van der Waals surface area contributed by atoms with Crippen LogP contribution in [0.3, 0.4) is 0 Å². The number of benzene rings is 2. The molecule has 0 spiro atoms. The molecule has 0 bridgehead atoms. The Kier molecular flexibility index (Phi) is 3.82. The quantitative estimate of drug-likeness (QED) is 0.763. The molecule has 1 heterocycles. The van der Waals surface area contributed by atoms with Gasteiger partial charge >= 0.3 is 0 Å². The van der Waals surface area contributed by atoms with E-state index in [9.17, 15) is 0 Å². The maximum atomic E-state index is 4.82. The first kappa shape index (κ1) is 12.9. The number of aryl methyl sites for hydroxylation is 1. The number of rotatable bonds is 3. The van der Waals surface area contributed by atoms with Crippen molar-refractivity contribution in [1.29, 1.82) is 0 Å². The molecule has 2 aromatic rings. The fraction of sp³-hybridized carbons (Fsp3) is 0.278. The van der Waals surface area contributed by atoms with E-state index in [1.807, 2.05) is 0 Å². The summed E-state index contributed by atoms with van der Waals surface area (Å²) in [6.07, 6.45) is 3.26. The molecule has 3 rings (SSSR count). The van der Waals surface area contributed by atoms with Gasteiger partial charge in [-0.05, 0) is 37.0 Å². The Morgan fingerprint density at radius 3 is 2.65 bits per heavy atom. The van der Waals surface area contributed by atoms with Gasteiger partial charge in [0.2, 0.25) is 0 Å². The van der Waals surface area contributed by atoms with Crippen molar-refractivity contribution in [1.82, 2.24) is 0 Å². The summed E-state index contributed by atoms with van der Waals surface area (Å²) in [4.78, 5) is 0. The average molecular weight is 264 g/mol. The molecule has 0 aromatic heterocycles. The number of para-hydroxylation sites is 1. The highest BCUT2D eigenvalue weighted by Gasteiger charge is 2.15. The molecule has 1 aliphatic heterocycles. The van der Waals surface area contributed by atoms with Gasteiger partial charge in [0.1, 0.15) is 0 Å². The van der Waals surface area contributed by atoms with Crippen LogP contribution in [0.1, 0.15) is 24.5 Å². The van der Waals surface area contributed by atoms with Crippen molar-refractivity contribution in [3.8, 4) is 0 Å². The Bertz CT molecular complexity index is 602. The predicted octanol–water partition coefficient (Wildman–Crippen LogP) is 4.06. The van der Waals surface area contributed by atoms with Crippen LogP contribution >= 0.6 is 0 Å². The van der Waals surface area contributed by atoms with Gasteiger partial charge in [0, 0.05) is 18.7 Å². The number of hydrogen-bond acceptors (Lipinski definition) is 2. The lowest BCUT2D eigenvalue weighted by Crippen LogP contribution is -2.25. The van der Waals surface area contributed by atoms with E-state index in [0.29, 0.717) is 0 Å². The van der Waals surface area contributed by atoms with E-state index < -0.39 is 0 Å². The molecule has 2 heteroatoms. The summed E-state index contributed by atoms with van der Waals surface area (Å²) in [6.45, 7) is 3.13. The van der Waals surface area contributed by atoms with Crippen LogP contribution in [0.2, 0.25) is 0 Å². The van der Waals surface area contributed by atoms with Crippen LogP contribution in [0.15, 0.2) is 59.7 Å². The fourth-order valence-corrected chi connectivity index (χ4v) is 2.75. The van der Waals surface area contributed by atoms with Crippen molar-refractivity contribution in [3.05, 3.63) is 65.7 Å². The minimum atomic E-state index is 0.916. The maximum absolute atomic E-state index is 4.82. The molecule has 0 atom stereocenters. The smallest absolute Gasteiger partial charge is 0.0625 e. The van der Waals surface area contributed by atoms with E-state index >= 15 is 0 Å². The number of hydrogen-bond donors (Lipinski definition) is 0. The highest BCUT2D eigenvalue weighted by Crippen LogP contribution is 2.26. The molecule has 102 valence electrons. The summed E-state index contributed by atoms with van der Waals surface area (Å²) < 4.78 is 0. The lowest BCUT2D eigenvalue weighted by atomic mass is 10.0. The first-order valence-corrected chi connectivity index (χ1v) is 7.26. The lowest BCUT2D eigenvalue weighted by Gasteiger charge is -2.27. The Balaban J connectivity index is 1.79. The number of fused-ring (bicyclic) bond motifs is 1. The van der Waals surface area contributed by atoms with Crippen LogP contribution in [0.5, 0.6) is 0 Å². The third-order valence-electron chi connectivity index (χ3n) is 3.68. The molecule has 0 saturated carbocycles. The summed E-state index contributed by atoms with van der Waals surface area (Å²) in [5, 5.41) is 6.99. The van der Waals surface area contributed by atoms with Crippen molar-refractivity contribution in [2.45, 2.75) is 26.2 Å². The van der Waals surface area contributed by atoms with Crippen molar-refractivity contribution in [2.24, 2.45) is 5.10 Å². The predicted molar refractivity (Wildman–Crippen MR) is 85.4 cm³/mol. The standard InChI is InChI=1S/C18H20N2/c1-15(14-16-8-3-2-4-9-16)19-20-13-7-11-17-10-5-6-12-18(17)20/h2-6,8-10,12H,7,11,13-14H2,1H3/b19-15-. The number of nitrogens with zero attached hydrogens (tertiary/aromatic N) is 2. The molecular weight excluding hydrogens is 244 g/mol. The second-order valence-corrected chi connectivity index (χ2v) is 5.35. The van der Waals surface area contributed by atoms with Crippen molar-refractivity contribution >= 4 is 11.4 Å². The third-order valence-corrected chi connectivity index (χ3v) is 3.68. The van der Waals surface area contributed by atoms with Gasteiger partial charge in [0.15, 0.2) is 0 Å². The van der Waals surface area contributed by atoms with Crippen LogP contribution < -0.4 is 5.01 Å². The zero-order chi connectivity index (χ0) is 13.8. The van der Waals surface area contributed by atoms with Crippen LogP contribution in [-0.2, 0) is 12.8 Å². The van der Waals surface area contributed by atoms with E-state index in [0.717, 1.165) is 18.7 Å². The van der Waals surface area contributed by atoms with Gasteiger partial charge in [-0.2, -0.15) is 5.10 Å². The monoisotopic (exact) mass is 264 g/mol. The summed E-state index contributed by atoms with van der Waals surface area (Å²) in [5.41, 5.74) is 5.16. The first-order valence-electron chi connectivity index (χ1n) is 7.26. The van der Waals surface area contributed by atoms with Gasteiger partial charge in [-0.15, -0.1) is 0 Å². The summed E-state index contributed by atoms with van der Waals surface area (Å²) >= 11 is 0. The van der Waals surface area contributed by atoms with Gasteiger partial charge in [0.05, 0.1) is 5.69 Å². The van der Waals surface area contributed by atoms with Crippen molar-refractivity contribution in [2.75, 3.05) is 11.6 Å². The van der Waals surface area contributed by atoms with Crippen LogP contribution in [0.25, 0.3) is 0 Å². The number of anilines is 1. The van der Waals surface area contributed by atoms with E-state index in [1.54, 1.807) is 0 Å². The molecule has 0 unspecified atom stereocenters. The molecule has 2 aromatic carbocycles. The van der Waals surface area contributed by atoms with Gasteiger partial charge in [-0.3, -0.25) is 5.01 Å². The third kappa shape index (κ3) is 2.90. The van der Waals surface area contributed by atoms with Crippen LogP contribution in [0, 0.1) is 0 Å². The van der Waals surface area contributed by atoms with E-state index in [1.165, 1.54) is 29.7 Å². The molecule has 0 fully saturated rings. The Morgan fingerprint density at radius 1 is 1.05 bits per heavy atom. The lowest BCUT2D eigenvalue weighted by molar-refractivity contribution is 0.714. The second-order valence-electron chi connectivity index (χ2n) is 5.35. The molecular formula is C18H20N2. The van der Waals surface area contributed by atoms with E-state index in [4.69, 9.17) is 5.10 Å². The molecule has 0 saturated heterocycles. The SMILES string of the molecule is C/C(Cc1ccccc1)=N/N1CCCc2ccccc21. The van der Waals surface area contributed by atoms with E-state index in [2.05, 4.69) is 66.5 Å². The van der Waals surface area contributed by atoms with Gasteiger partial charge in [0.25, 0.3) is 0 Å². The van der Waals surface area contributed by atoms with Crippen LogP contribution in [-0.4, -0.2) is 12.3 Å². The minimum absolute atomic E-state index is 0.916. The highest BCUT2D eigenvalue weighted by molar-refractivity contribution is 5.85. The van der Waals surface area contributed by atoms with Crippen molar-refractivity contribution in [3.63, 3.8) is 0 Å². The summed E-state index contributed by atoms with van der Waals surface area (Å²) in [7, 11) is 0. The van der Waals surface area contributed by atoms with Crippen LogP contribution in [0.4, 0.5) is 5.69 Å². The molecule has 0 radical (unpaired) electrons.